The van der Waals surface area contributed by atoms with Crippen LogP contribution in [0.1, 0.15) is 32.4 Å². The van der Waals surface area contributed by atoms with Gasteiger partial charge in [-0.3, -0.25) is 4.57 Å². The van der Waals surface area contributed by atoms with Crippen molar-refractivity contribution < 1.29 is 28.3 Å². The summed E-state index contributed by atoms with van der Waals surface area (Å²) in [6.45, 7) is 5.15. The molecule has 7 nitrogen and oxygen atoms in total. The van der Waals surface area contributed by atoms with Crippen LogP contribution in [0.4, 0.5) is 4.79 Å². The molecule has 8 heteroatoms. The zero-order valence-electron chi connectivity index (χ0n) is 14.0. The molecule has 1 aromatic rings. The molecule has 0 saturated heterocycles. The zero-order chi connectivity index (χ0) is 17.7. The maximum Gasteiger partial charge on any atom is 0.408 e. The molecule has 0 saturated carbocycles. The van der Waals surface area contributed by atoms with E-state index in [9.17, 15) is 14.5 Å². The summed E-state index contributed by atoms with van der Waals surface area (Å²) in [6, 6.07) is 7.60. The van der Waals surface area contributed by atoms with Crippen LogP contribution in [0.15, 0.2) is 30.3 Å². The lowest BCUT2D eigenvalue weighted by Crippen LogP contribution is -2.40. The van der Waals surface area contributed by atoms with E-state index in [1.54, 1.807) is 51.1 Å². The lowest BCUT2D eigenvalue weighted by Gasteiger charge is -2.29. The first-order valence-electron chi connectivity index (χ1n) is 7.06. The first-order chi connectivity index (χ1) is 10.6. The van der Waals surface area contributed by atoms with Crippen LogP contribution in [0.2, 0.25) is 0 Å². The van der Waals surface area contributed by atoms with Crippen LogP contribution in [-0.4, -0.2) is 36.9 Å². The topological polar surface area (TPSA) is 94.1 Å². The molecule has 0 aliphatic rings. The molecule has 1 rings (SSSR count). The molecule has 0 radical (unpaired) electrons. The number of carbonyl (C=O) groups is 1. The van der Waals surface area contributed by atoms with E-state index in [1.807, 2.05) is 0 Å². The van der Waals surface area contributed by atoms with E-state index in [1.165, 1.54) is 14.2 Å². The van der Waals surface area contributed by atoms with Gasteiger partial charge in [-0.25, -0.2) is 4.79 Å². The number of benzene rings is 1. The Morgan fingerprint density at radius 1 is 1.17 bits per heavy atom. The number of hydrogen-bond acceptors (Lipinski definition) is 6. The van der Waals surface area contributed by atoms with Crippen molar-refractivity contribution in [3.05, 3.63) is 35.9 Å². The highest BCUT2D eigenvalue weighted by molar-refractivity contribution is 7.54. The summed E-state index contributed by atoms with van der Waals surface area (Å²) < 4.78 is 27.3. The van der Waals surface area contributed by atoms with Gasteiger partial charge < -0.3 is 24.2 Å². The summed E-state index contributed by atoms with van der Waals surface area (Å²) in [5, 5.41) is 13.0. The van der Waals surface area contributed by atoms with E-state index in [4.69, 9.17) is 13.8 Å². The van der Waals surface area contributed by atoms with Gasteiger partial charge in [-0.15, -0.1) is 0 Å². The Kier molecular flexibility index (Phi) is 6.77. The Morgan fingerprint density at radius 3 is 2.13 bits per heavy atom. The predicted molar refractivity (Wildman–Crippen MR) is 86.2 cm³/mol. The van der Waals surface area contributed by atoms with Gasteiger partial charge in [0.1, 0.15) is 5.60 Å². The maximum atomic E-state index is 12.4. The van der Waals surface area contributed by atoms with Gasteiger partial charge >= 0.3 is 13.7 Å². The second-order valence-electron chi connectivity index (χ2n) is 5.85. The average Bonchev–Trinajstić information content (AvgIpc) is 2.50. The molecule has 23 heavy (non-hydrogen) atoms. The SMILES string of the molecule is COP(=O)(OC)[C@@H](O)[C@@H](NC(=O)OC(C)(C)C)c1ccccc1. The highest BCUT2D eigenvalue weighted by atomic mass is 31.2. The van der Waals surface area contributed by atoms with Crippen LogP contribution in [0.5, 0.6) is 0 Å². The third-order valence-electron chi connectivity index (χ3n) is 2.96. The fraction of sp³-hybridized carbons (Fsp3) is 0.533. The number of aliphatic hydroxyl groups excluding tert-OH is 1. The van der Waals surface area contributed by atoms with Crippen molar-refractivity contribution in [1.29, 1.82) is 0 Å². The number of nitrogens with one attached hydrogen (secondary N) is 1. The van der Waals surface area contributed by atoms with Gasteiger partial charge in [-0.2, -0.15) is 0 Å². The van der Waals surface area contributed by atoms with Crippen molar-refractivity contribution in [1.82, 2.24) is 5.32 Å². The number of alkyl carbamates (subject to hydrolysis) is 1. The molecule has 0 bridgehead atoms. The molecular weight excluding hydrogens is 321 g/mol. The van der Waals surface area contributed by atoms with Crippen LogP contribution in [0.3, 0.4) is 0 Å². The summed E-state index contributed by atoms with van der Waals surface area (Å²) in [5.41, 5.74) is -0.164. The minimum absolute atomic E-state index is 0.542. The van der Waals surface area contributed by atoms with Gasteiger partial charge in [-0.05, 0) is 26.3 Å². The fourth-order valence-corrected chi connectivity index (χ4v) is 3.09. The standard InChI is InChI=1S/C15H24NO6P/c1-15(2,3)22-14(18)16-12(11-9-7-6-8-10-11)13(17)23(19,20-4)21-5/h6-10,12-13,17H,1-5H3,(H,16,18)/t12-,13+/m0/s1. The van der Waals surface area contributed by atoms with Gasteiger partial charge in [0, 0.05) is 14.2 Å². The smallest absolute Gasteiger partial charge is 0.408 e. The molecule has 0 spiro atoms. The predicted octanol–water partition coefficient (Wildman–Crippen LogP) is 3.06. The van der Waals surface area contributed by atoms with Crippen LogP contribution in [-0.2, 0) is 18.3 Å². The van der Waals surface area contributed by atoms with Crippen molar-refractivity contribution in [3.8, 4) is 0 Å². The lowest BCUT2D eigenvalue weighted by molar-refractivity contribution is 0.0453. The molecular formula is C15H24NO6P. The first-order valence-corrected chi connectivity index (χ1v) is 8.68. The maximum absolute atomic E-state index is 12.4. The van der Waals surface area contributed by atoms with Crippen molar-refractivity contribution in [2.45, 2.75) is 38.3 Å². The van der Waals surface area contributed by atoms with E-state index in [0.29, 0.717) is 5.56 Å². The molecule has 0 aromatic heterocycles. The number of aliphatic hydroxyl groups is 1. The van der Waals surface area contributed by atoms with Crippen LogP contribution < -0.4 is 5.32 Å². The minimum Gasteiger partial charge on any atom is -0.444 e. The zero-order valence-corrected chi connectivity index (χ0v) is 14.9. The molecule has 2 N–H and O–H groups in total. The molecule has 0 aliphatic carbocycles. The molecule has 2 atom stereocenters. The number of rotatable bonds is 6. The molecule has 0 heterocycles. The number of amides is 1. The van der Waals surface area contributed by atoms with Gasteiger partial charge in [0.25, 0.3) is 0 Å². The van der Waals surface area contributed by atoms with E-state index in [2.05, 4.69) is 5.32 Å². The molecule has 1 amide bonds. The van der Waals surface area contributed by atoms with Crippen LogP contribution in [0.25, 0.3) is 0 Å². The summed E-state index contributed by atoms with van der Waals surface area (Å²) in [6.07, 6.45) is -0.746. The van der Waals surface area contributed by atoms with E-state index >= 15 is 0 Å². The van der Waals surface area contributed by atoms with E-state index in [-0.39, 0.29) is 0 Å². The first kappa shape index (κ1) is 19.6. The third-order valence-corrected chi connectivity index (χ3v) is 4.93. The van der Waals surface area contributed by atoms with Crippen molar-refractivity contribution in [3.63, 3.8) is 0 Å². The van der Waals surface area contributed by atoms with Crippen LogP contribution in [0, 0.1) is 0 Å². The largest absolute Gasteiger partial charge is 0.444 e. The highest BCUT2D eigenvalue weighted by Crippen LogP contribution is 2.54. The molecule has 1 aromatic carbocycles. The minimum atomic E-state index is -3.82. The molecule has 0 fully saturated rings. The second kappa shape index (κ2) is 7.93. The Bertz CT molecular complexity index is 549. The summed E-state index contributed by atoms with van der Waals surface area (Å²) in [7, 11) is -1.48. The summed E-state index contributed by atoms with van der Waals surface area (Å²) >= 11 is 0. The monoisotopic (exact) mass is 345 g/mol. The summed E-state index contributed by atoms with van der Waals surface area (Å²) in [5.74, 6) is -1.59. The molecule has 0 unspecified atom stereocenters. The Labute approximate surface area is 136 Å². The van der Waals surface area contributed by atoms with E-state index in [0.717, 1.165) is 0 Å². The van der Waals surface area contributed by atoms with Gasteiger partial charge in [-0.1, -0.05) is 30.3 Å². The number of carbonyl (C=O) groups excluding carboxylic acids is 1. The highest BCUT2D eigenvalue weighted by Gasteiger charge is 2.40. The van der Waals surface area contributed by atoms with Gasteiger partial charge in [0.15, 0.2) is 5.85 Å². The number of hydrogen-bond donors (Lipinski definition) is 2. The van der Waals surface area contributed by atoms with Crippen molar-refractivity contribution >= 4 is 13.7 Å². The Hall–Kier alpha value is -1.40. The van der Waals surface area contributed by atoms with E-state index < -0.39 is 31.2 Å². The fourth-order valence-electron chi connectivity index (χ4n) is 1.90. The van der Waals surface area contributed by atoms with Crippen molar-refractivity contribution in [2.75, 3.05) is 14.2 Å². The molecule has 130 valence electrons. The summed E-state index contributed by atoms with van der Waals surface area (Å²) in [4.78, 5) is 12.0. The van der Waals surface area contributed by atoms with Crippen LogP contribution >= 0.6 is 7.60 Å². The lowest BCUT2D eigenvalue weighted by atomic mass is 10.1. The third kappa shape index (κ3) is 5.62. The normalized spacial score (nSPS) is 14.9. The Balaban J connectivity index is 3.09. The van der Waals surface area contributed by atoms with Crippen molar-refractivity contribution in [2.24, 2.45) is 0 Å². The molecule has 0 aliphatic heterocycles. The average molecular weight is 345 g/mol. The second-order valence-corrected chi connectivity index (χ2v) is 8.19. The Morgan fingerprint density at radius 2 is 1.70 bits per heavy atom. The number of ether oxygens (including phenoxy) is 1. The quantitative estimate of drug-likeness (QED) is 0.770. The van der Waals surface area contributed by atoms with Gasteiger partial charge in [0.05, 0.1) is 6.04 Å². The van der Waals surface area contributed by atoms with Gasteiger partial charge in [0.2, 0.25) is 0 Å².